The van der Waals surface area contributed by atoms with Gasteiger partial charge in [-0.25, -0.2) is 23.3 Å². The van der Waals surface area contributed by atoms with E-state index in [1.54, 1.807) is 0 Å². The summed E-state index contributed by atoms with van der Waals surface area (Å²) in [6.07, 6.45) is 17.3. The minimum absolute atomic E-state index is 0. The molecule has 0 saturated heterocycles. The molecule has 0 aliphatic heterocycles. The van der Waals surface area contributed by atoms with Crippen molar-refractivity contribution >= 4 is 6.19 Å². The van der Waals surface area contributed by atoms with E-state index in [9.17, 15) is 0 Å². The maximum Gasteiger partial charge on any atom is -1.00 e. The van der Waals surface area contributed by atoms with Crippen molar-refractivity contribution in [2.75, 3.05) is 0 Å². The number of allylic oxidation sites excluding steroid dienone is 8. The van der Waals surface area contributed by atoms with Crippen LogP contribution in [0, 0.1) is 24.0 Å². The smallest absolute Gasteiger partial charge is 1.00 e. The van der Waals surface area contributed by atoms with Gasteiger partial charge in [0.25, 0.3) is 0 Å². The van der Waals surface area contributed by atoms with Crippen molar-refractivity contribution < 1.29 is 53.1 Å². The molecule has 0 amide bonds. The van der Waals surface area contributed by atoms with E-state index in [0.29, 0.717) is 11.8 Å². The summed E-state index contributed by atoms with van der Waals surface area (Å²) in [5.41, 5.74) is 2.73. The fraction of sp³-hybridized carbons (Fsp3) is 0.556. The predicted molar refractivity (Wildman–Crippen MR) is 88.2 cm³/mol. The van der Waals surface area contributed by atoms with Gasteiger partial charge in [0, 0.05) is 0 Å². The van der Waals surface area contributed by atoms with Crippen LogP contribution in [0.4, 0.5) is 0 Å². The third-order valence-electron chi connectivity index (χ3n) is 2.69. The maximum atomic E-state index is 3.26. The van der Waals surface area contributed by atoms with Gasteiger partial charge in [0.05, 0.1) is 0 Å². The Morgan fingerprint density at radius 3 is 1.23 bits per heavy atom. The third-order valence-corrected chi connectivity index (χ3v) is 2.69. The molecule has 0 aromatic rings. The second kappa shape index (κ2) is 16.7. The van der Waals surface area contributed by atoms with Crippen LogP contribution < -0.4 is 34.0 Å². The van der Waals surface area contributed by atoms with Crippen molar-refractivity contribution in [2.24, 2.45) is 11.8 Å². The van der Waals surface area contributed by atoms with E-state index in [0.717, 1.165) is 12.8 Å². The van der Waals surface area contributed by atoms with Crippen molar-refractivity contribution in [1.29, 1.82) is 0 Å². The molecular weight excluding hydrogens is 452 g/mol. The number of hydrogen-bond acceptors (Lipinski definition) is 0. The Kier molecular flexibility index (Phi) is 21.0. The van der Waals surface area contributed by atoms with Crippen molar-refractivity contribution in [2.45, 2.75) is 53.6 Å². The Morgan fingerprint density at radius 1 is 0.864 bits per heavy atom. The van der Waals surface area contributed by atoms with Crippen LogP contribution in [0.15, 0.2) is 35.5 Å². The fourth-order valence-corrected chi connectivity index (χ4v) is 1.64. The molecule has 0 unspecified atom stereocenters. The van der Waals surface area contributed by atoms with Crippen LogP contribution in [0.25, 0.3) is 0 Å². The summed E-state index contributed by atoms with van der Waals surface area (Å²) in [6, 6.07) is 0. The van der Waals surface area contributed by atoms with Crippen LogP contribution in [0.2, 0.25) is 13.1 Å². The normalized spacial score (nSPS) is 14.1. The van der Waals surface area contributed by atoms with Gasteiger partial charge >= 0.3 is 38.5 Å². The average Bonchev–Trinajstić information content (AvgIpc) is 3.03. The zero-order chi connectivity index (χ0) is 15.5. The number of rotatable bonds is 2. The van der Waals surface area contributed by atoms with Crippen molar-refractivity contribution in [3.8, 4) is 0 Å². The first-order valence-corrected chi connectivity index (χ1v) is 12.2. The summed E-state index contributed by atoms with van der Waals surface area (Å²) in [5, 5.41) is 0. The van der Waals surface area contributed by atoms with Crippen molar-refractivity contribution in [3.05, 3.63) is 47.6 Å². The Bertz CT molecular complexity index is 381. The molecule has 0 fully saturated rings. The molecule has 0 aromatic carbocycles. The molecule has 4 heteroatoms. The molecule has 2 aliphatic carbocycles. The molecule has 0 bridgehead atoms. The predicted octanol–water partition coefficient (Wildman–Crippen LogP) is -0.544. The molecule has 22 heavy (non-hydrogen) atoms. The van der Waals surface area contributed by atoms with Gasteiger partial charge in [0.15, 0.2) is 0 Å². The summed E-state index contributed by atoms with van der Waals surface area (Å²) >= 11 is 2.27. The second-order valence-electron chi connectivity index (χ2n) is 5.79. The zero-order valence-electron chi connectivity index (χ0n) is 14.6. The van der Waals surface area contributed by atoms with E-state index in [-0.39, 0.29) is 40.1 Å². The van der Waals surface area contributed by atoms with E-state index in [4.69, 9.17) is 0 Å². The summed E-state index contributed by atoms with van der Waals surface area (Å²) in [6.45, 7) is 13.3. The maximum absolute atomic E-state index is 3.26. The minimum Gasteiger partial charge on any atom is -1.00 e. The summed E-state index contributed by atoms with van der Waals surface area (Å²) < 4.78 is 0. The van der Waals surface area contributed by atoms with E-state index >= 15 is 0 Å². The van der Waals surface area contributed by atoms with Gasteiger partial charge in [-0.15, -0.1) is 12.8 Å². The summed E-state index contributed by atoms with van der Waals surface area (Å²) in [5.74, 6) is 1.32. The first-order valence-electron chi connectivity index (χ1n) is 7.40. The minimum atomic E-state index is 0. The molecule has 0 heterocycles. The van der Waals surface area contributed by atoms with Gasteiger partial charge in [-0.05, 0) is 0 Å². The molecule has 124 valence electrons. The van der Waals surface area contributed by atoms with Crippen LogP contribution in [-0.4, -0.2) is 6.19 Å². The topological polar surface area (TPSA) is 0 Å². The molecule has 0 N–H and O–H groups in total. The SMILES string of the molecule is CC(C)C1=[C-]CC=C1.CC(C)C1=[C-]CC=C1.C[Si](C)=[Ti+2].[Br-].[Br-]. The Hall–Kier alpha value is 0.851. The number of halogens is 2. The van der Waals surface area contributed by atoms with Gasteiger partial charge in [-0.3, -0.25) is 12.2 Å². The fourth-order valence-electron chi connectivity index (χ4n) is 1.64. The Morgan fingerprint density at radius 2 is 1.14 bits per heavy atom. The molecular formula is C18H28Br2SiTi-2. The van der Waals surface area contributed by atoms with Crippen LogP contribution in [0.5, 0.6) is 0 Å². The molecule has 0 nitrogen and oxygen atoms in total. The van der Waals surface area contributed by atoms with Crippen LogP contribution in [-0.2, 0) is 19.2 Å². The van der Waals surface area contributed by atoms with E-state index < -0.39 is 0 Å². The van der Waals surface area contributed by atoms with Crippen LogP contribution in [0.1, 0.15) is 40.5 Å². The largest absolute Gasteiger partial charge is 1.00 e. The first-order chi connectivity index (χ1) is 9.34. The number of hydrogen-bond donors (Lipinski definition) is 0. The van der Waals surface area contributed by atoms with Crippen molar-refractivity contribution in [1.82, 2.24) is 0 Å². The average molecular weight is 480 g/mol. The van der Waals surface area contributed by atoms with Gasteiger partial charge in [-0.1, -0.05) is 39.5 Å². The van der Waals surface area contributed by atoms with E-state index in [1.165, 1.54) is 11.1 Å². The van der Waals surface area contributed by atoms with E-state index in [2.05, 4.69) is 96.4 Å². The molecule has 0 radical (unpaired) electrons. The van der Waals surface area contributed by atoms with Crippen molar-refractivity contribution in [3.63, 3.8) is 0 Å². The zero-order valence-corrected chi connectivity index (χ0v) is 20.4. The molecule has 0 atom stereocenters. The molecule has 2 rings (SSSR count). The molecule has 0 saturated carbocycles. The third kappa shape index (κ3) is 15.7. The van der Waals surface area contributed by atoms with E-state index in [1.807, 2.05) is 0 Å². The summed E-state index contributed by atoms with van der Waals surface area (Å²) in [7, 11) is 0. The molecule has 2 aliphatic rings. The molecule has 0 spiro atoms. The first kappa shape index (κ1) is 27.7. The van der Waals surface area contributed by atoms with Crippen LogP contribution in [0.3, 0.4) is 0 Å². The Labute approximate surface area is 171 Å². The van der Waals surface area contributed by atoms with Crippen LogP contribution >= 0.6 is 0 Å². The van der Waals surface area contributed by atoms with Gasteiger partial charge in [-0.2, -0.15) is 12.2 Å². The summed E-state index contributed by atoms with van der Waals surface area (Å²) in [4.78, 5) is 0. The quantitative estimate of drug-likeness (QED) is 0.368. The second-order valence-corrected chi connectivity index (χ2v) is 12.5. The molecule has 0 aromatic heterocycles. The van der Waals surface area contributed by atoms with Gasteiger partial charge < -0.3 is 34.0 Å². The van der Waals surface area contributed by atoms with Gasteiger partial charge in [0.2, 0.25) is 0 Å². The van der Waals surface area contributed by atoms with Gasteiger partial charge in [0.1, 0.15) is 0 Å². The monoisotopic (exact) mass is 478 g/mol. The standard InChI is InChI=1S/2C8H11.C2H6Si.2BrH.Ti/c2*1-7(2)8-5-3-4-6-8;1-3-2;;;/h2*3,5,7H,4H2,1-2H3;1-2H3;2*1H;/q2*-1;;;;+2/p-2. The Balaban J connectivity index is -0.000000249.